The van der Waals surface area contributed by atoms with Crippen LogP contribution in [0.5, 0.6) is 11.5 Å². The summed E-state index contributed by atoms with van der Waals surface area (Å²) in [6, 6.07) is 20.4. The molecule has 0 saturated carbocycles. The minimum Gasteiger partial charge on any atom is -0.493 e. The van der Waals surface area contributed by atoms with Gasteiger partial charge >= 0.3 is 10.1 Å². The molecule has 0 atom stereocenters. The molecule has 32 heavy (non-hydrogen) atoms. The van der Waals surface area contributed by atoms with Crippen LogP contribution in [0.3, 0.4) is 0 Å². The molecule has 0 fully saturated rings. The van der Waals surface area contributed by atoms with Crippen molar-refractivity contribution in [3.63, 3.8) is 0 Å². The predicted octanol–water partition coefficient (Wildman–Crippen LogP) is 4.66. The van der Waals surface area contributed by atoms with Crippen LogP contribution in [0, 0.1) is 11.3 Å². The largest absolute Gasteiger partial charge is 0.493 e. The zero-order valence-electron chi connectivity index (χ0n) is 16.8. The second kappa shape index (κ2) is 10.0. The van der Waals surface area contributed by atoms with Gasteiger partial charge in [-0.15, -0.1) is 0 Å². The summed E-state index contributed by atoms with van der Waals surface area (Å²) in [4.78, 5) is 12.4. The van der Waals surface area contributed by atoms with Crippen LogP contribution in [0.15, 0.2) is 83.3 Å². The Morgan fingerprint density at radius 1 is 1.03 bits per heavy atom. The first-order valence-corrected chi connectivity index (χ1v) is 11.0. The molecule has 0 aliphatic rings. The Bertz CT molecular complexity index is 1320. The van der Waals surface area contributed by atoms with Crippen LogP contribution in [-0.2, 0) is 14.9 Å². The van der Waals surface area contributed by atoms with Crippen LogP contribution >= 0.6 is 11.6 Å². The standard InChI is InChI=1S/C23H17ClN2O5S/c1-30-22-13-16(10-11-21(22)31-32(28,29)20-8-3-2-4-9-20)12-17(15-25)23(27)26-19-7-5-6-18(24)14-19/h2-14H,1H3,(H,26,27). The number of anilines is 1. The van der Waals surface area contributed by atoms with Crippen molar-refractivity contribution < 1.29 is 22.1 Å². The van der Waals surface area contributed by atoms with Crippen molar-refractivity contribution in [2.24, 2.45) is 0 Å². The van der Waals surface area contributed by atoms with E-state index in [1.165, 1.54) is 43.5 Å². The number of nitrogens with one attached hydrogen (secondary N) is 1. The molecule has 0 heterocycles. The van der Waals surface area contributed by atoms with Gasteiger partial charge in [0, 0.05) is 10.7 Å². The lowest BCUT2D eigenvalue weighted by Crippen LogP contribution is -2.13. The summed E-state index contributed by atoms with van der Waals surface area (Å²) >= 11 is 5.91. The van der Waals surface area contributed by atoms with Crippen molar-refractivity contribution >= 4 is 39.4 Å². The first-order valence-electron chi connectivity index (χ1n) is 9.18. The van der Waals surface area contributed by atoms with E-state index < -0.39 is 16.0 Å². The third kappa shape index (κ3) is 5.66. The molecule has 1 N–H and O–H groups in total. The van der Waals surface area contributed by atoms with E-state index in [1.807, 2.05) is 6.07 Å². The molecule has 0 unspecified atom stereocenters. The van der Waals surface area contributed by atoms with Gasteiger partial charge in [0.1, 0.15) is 16.5 Å². The van der Waals surface area contributed by atoms with Crippen LogP contribution in [0.2, 0.25) is 5.02 Å². The lowest BCUT2D eigenvalue weighted by Gasteiger charge is -2.11. The van der Waals surface area contributed by atoms with Gasteiger partial charge in [0.2, 0.25) is 0 Å². The molecule has 0 radical (unpaired) electrons. The van der Waals surface area contributed by atoms with Crippen molar-refractivity contribution in [1.29, 1.82) is 5.26 Å². The highest BCUT2D eigenvalue weighted by atomic mass is 35.5. The van der Waals surface area contributed by atoms with E-state index in [9.17, 15) is 18.5 Å². The summed E-state index contributed by atoms with van der Waals surface area (Å²) < 4.78 is 35.4. The van der Waals surface area contributed by atoms with E-state index >= 15 is 0 Å². The summed E-state index contributed by atoms with van der Waals surface area (Å²) in [6.45, 7) is 0. The molecule has 0 aliphatic carbocycles. The molecule has 0 spiro atoms. The van der Waals surface area contributed by atoms with E-state index in [0.29, 0.717) is 16.3 Å². The Morgan fingerprint density at radius 3 is 2.44 bits per heavy atom. The van der Waals surface area contributed by atoms with Gasteiger partial charge in [0.15, 0.2) is 11.5 Å². The van der Waals surface area contributed by atoms with Crippen LogP contribution < -0.4 is 14.2 Å². The highest BCUT2D eigenvalue weighted by Crippen LogP contribution is 2.31. The highest BCUT2D eigenvalue weighted by molar-refractivity contribution is 7.87. The zero-order chi connectivity index (χ0) is 23.1. The normalized spacial score (nSPS) is 11.3. The average Bonchev–Trinajstić information content (AvgIpc) is 2.78. The molecule has 162 valence electrons. The molecule has 3 rings (SSSR count). The monoisotopic (exact) mass is 468 g/mol. The number of halogens is 1. The third-order valence-corrected chi connectivity index (χ3v) is 5.66. The van der Waals surface area contributed by atoms with Gasteiger partial charge < -0.3 is 14.2 Å². The van der Waals surface area contributed by atoms with Gasteiger partial charge in [-0.05, 0) is 54.1 Å². The number of carbonyl (C=O) groups is 1. The maximum atomic E-state index is 12.5. The Morgan fingerprint density at radius 2 is 1.78 bits per heavy atom. The number of hydrogen-bond donors (Lipinski definition) is 1. The molecule has 1 amide bonds. The van der Waals surface area contributed by atoms with Crippen molar-refractivity contribution in [3.05, 3.63) is 89.0 Å². The molecule has 9 heteroatoms. The number of nitrogens with zero attached hydrogens (tertiary/aromatic N) is 1. The minimum atomic E-state index is -4.06. The van der Waals surface area contributed by atoms with Crippen LogP contribution in [-0.4, -0.2) is 21.4 Å². The van der Waals surface area contributed by atoms with Crippen LogP contribution in [0.25, 0.3) is 6.08 Å². The lowest BCUT2D eigenvalue weighted by atomic mass is 10.1. The fourth-order valence-electron chi connectivity index (χ4n) is 2.68. The Hall–Kier alpha value is -3.80. The number of benzene rings is 3. The fraction of sp³-hybridized carbons (Fsp3) is 0.0435. The molecular weight excluding hydrogens is 452 g/mol. The van der Waals surface area contributed by atoms with E-state index in [4.69, 9.17) is 20.5 Å². The van der Waals surface area contributed by atoms with Gasteiger partial charge in [-0.2, -0.15) is 13.7 Å². The summed E-state index contributed by atoms with van der Waals surface area (Å²) in [5, 5.41) is 12.4. The molecule has 3 aromatic carbocycles. The number of hydrogen-bond acceptors (Lipinski definition) is 6. The van der Waals surface area contributed by atoms with Gasteiger partial charge in [0.05, 0.1) is 7.11 Å². The van der Waals surface area contributed by atoms with Gasteiger partial charge in [-0.3, -0.25) is 4.79 Å². The maximum absolute atomic E-state index is 12.5. The van der Waals surface area contributed by atoms with E-state index in [2.05, 4.69) is 5.32 Å². The molecule has 0 aliphatic heterocycles. The smallest absolute Gasteiger partial charge is 0.339 e. The second-order valence-electron chi connectivity index (χ2n) is 6.40. The first kappa shape index (κ1) is 22.9. The highest BCUT2D eigenvalue weighted by Gasteiger charge is 2.19. The Labute approximate surface area is 190 Å². The number of nitriles is 1. The van der Waals surface area contributed by atoms with Crippen molar-refractivity contribution in [2.75, 3.05) is 12.4 Å². The predicted molar refractivity (Wildman–Crippen MR) is 121 cm³/mol. The van der Waals surface area contributed by atoms with Gasteiger partial charge in [-0.1, -0.05) is 41.9 Å². The summed E-state index contributed by atoms with van der Waals surface area (Å²) in [5.41, 5.74) is 0.706. The molecular formula is C23H17ClN2O5S. The summed E-state index contributed by atoms with van der Waals surface area (Å²) in [7, 11) is -2.71. The van der Waals surface area contributed by atoms with E-state index in [0.717, 1.165) is 0 Å². The van der Waals surface area contributed by atoms with Crippen LogP contribution in [0.1, 0.15) is 5.56 Å². The Balaban J connectivity index is 1.84. The molecule has 0 saturated heterocycles. The van der Waals surface area contributed by atoms with Gasteiger partial charge in [0.25, 0.3) is 5.91 Å². The number of ether oxygens (including phenoxy) is 1. The maximum Gasteiger partial charge on any atom is 0.339 e. The number of carbonyl (C=O) groups excluding carboxylic acids is 1. The second-order valence-corrected chi connectivity index (χ2v) is 8.38. The van der Waals surface area contributed by atoms with Crippen LogP contribution in [0.4, 0.5) is 5.69 Å². The average molecular weight is 469 g/mol. The first-order chi connectivity index (χ1) is 15.3. The topological polar surface area (TPSA) is 105 Å². The zero-order valence-corrected chi connectivity index (χ0v) is 18.4. The molecule has 7 nitrogen and oxygen atoms in total. The SMILES string of the molecule is COc1cc(C=C(C#N)C(=O)Nc2cccc(Cl)c2)ccc1OS(=O)(=O)c1ccccc1. The lowest BCUT2D eigenvalue weighted by molar-refractivity contribution is -0.112. The summed E-state index contributed by atoms with van der Waals surface area (Å²) in [5.74, 6) is -0.540. The van der Waals surface area contributed by atoms with Crippen molar-refractivity contribution in [1.82, 2.24) is 0 Å². The van der Waals surface area contributed by atoms with Crippen molar-refractivity contribution in [3.8, 4) is 17.6 Å². The quantitative estimate of drug-likeness (QED) is 0.307. The number of methoxy groups -OCH3 is 1. The molecule has 3 aromatic rings. The third-order valence-electron chi connectivity index (χ3n) is 4.18. The van der Waals surface area contributed by atoms with E-state index in [1.54, 1.807) is 42.5 Å². The minimum absolute atomic E-state index is 0.00419. The number of rotatable bonds is 7. The number of amides is 1. The molecule has 0 bridgehead atoms. The van der Waals surface area contributed by atoms with Gasteiger partial charge in [-0.25, -0.2) is 0 Å². The Kier molecular flexibility index (Phi) is 7.15. The fourth-order valence-corrected chi connectivity index (χ4v) is 3.83. The molecule has 0 aromatic heterocycles. The van der Waals surface area contributed by atoms with E-state index in [-0.39, 0.29) is 22.0 Å². The van der Waals surface area contributed by atoms with Crippen molar-refractivity contribution in [2.45, 2.75) is 4.90 Å². The summed E-state index contributed by atoms with van der Waals surface area (Å²) in [6.07, 6.45) is 1.35.